The van der Waals surface area contributed by atoms with Crippen LogP contribution in [0.3, 0.4) is 0 Å². The maximum absolute atomic E-state index is 11.9. The molecule has 0 saturated heterocycles. The van der Waals surface area contributed by atoms with E-state index in [0.29, 0.717) is 13.2 Å². The fourth-order valence-electron chi connectivity index (χ4n) is 1.55. The summed E-state index contributed by atoms with van der Waals surface area (Å²) < 4.78 is 10.6. The highest BCUT2D eigenvalue weighted by molar-refractivity contribution is 5.98. The van der Waals surface area contributed by atoms with E-state index in [2.05, 4.69) is 5.32 Å². The maximum Gasteiger partial charge on any atom is 0.255 e. The Hall–Kier alpha value is -1.79. The van der Waals surface area contributed by atoms with Crippen LogP contribution < -0.4 is 11.1 Å². The Kier molecular flexibility index (Phi) is 6.11. The number of rotatable bonds is 7. The molecule has 1 aromatic rings. The van der Waals surface area contributed by atoms with Gasteiger partial charge in [0.1, 0.15) is 0 Å². The van der Waals surface area contributed by atoms with Crippen molar-refractivity contribution >= 4 is 11.6 Å². The van der Waals surface area contributed by atoms with Gasteiger partial charge in [-0.05, 0) is 26.0 Å². The minimum Gasteiger partial charge on any atom is -0.505 e. The Morgan fingerprint density at radius 2 is 2.00 bits per heavy atom. The van der Waals surface area contributed by atoms with Gasteiger partial charge >= 0.3 is 0 Å². The molecule has 106 valence electrons. The van der Waals surface area contributed by atoms with Crippen molar-refractivity contribution in [2.24, 2.45) is 0 Å². The van der Waals surface area contributed by atoms with Crippen LogP contribution >= 0.6 is 0 Å². The lowest BCUT2D eigenvalue weighted by Gasteiger charge is -2.17. The van der Waals surface area contributed by atoms with Crippen LogP contribution in [-0.2, 0) is 9.47 Å². The van der Waals surface area contributed by atoms with Crippen molar-refractivity contribution in [3.63, 3.8) is 0 Å². The van der Waals surface area contributed by atoms with Gasteiger partial charge in [0.05, 0.1) is 17.8 Å². The average Bonchev–Trinajstić information content (AvgIpc) is 2.39. The normalized spacial score (nSPS) is 10.7. The Labute approximate surface area is 112 Å². The summed E-state index contributed by atoms with van der Waals surface area (Å²) in [5, 5.41) is 12.3. The van der Waals surface area contributed by atoms with Gasteiger partial charge in [-0.25, -0.2) is 0 Å². The number of nitrogens with two attached hydrogens (primary N) is 1. The number of carbonyl (C=O) groups excluding carboxylic acids is 1. The van der Waals surface area contributed by atoms with Gasteiger partial charge in [0.25, 0.3) is 5.91 Å². The van der Waals surface area contributed by atoms with Gasteiger partial charge < -0.3 is 25.6 Å². The largest absolute Gasteiger partial charge is 0.505 e. The summed E-state index contributed by atoms with van der Waals surface area (Å²) in [6.45, 7) is 4.87. The third kappa shape index (κ3) is 4.42. The first-order valence-corrected chi connectivity index (χ1v) is 6.19. The lowest BCUT2D eigenvalue weighted by Crippen LogP contribution is -2.35. The Morgan fingerprint density at radius 3 is 2.58 bits per heavy atom. The monoisotopic (exact) mass is 268 g/mol. The fraction of sp³-hybridized carbons (Fsp3) is 0.462. The Bertz CT molecular complexity index is 417. The summed E-state index contributed by atoms with van der Waals surface area (Å²) in [4.78, 5) is 11.9. The number of aromatic hydroxyl groups is 1. The molecule has 0 heterocycles. The van der Waals surface area contributed by atoms with Crippen LogP contribution in [0.5, 0.6) is 5.75 Å². The first kappa shape index (κ1) is 15.3. The van der Waals surface area contributed by atoms with Crippen molar-refractivity contribution in [1.29, 1.82) is 0 Å². The second-order valence-corrected chi connectivity index (χ2v) is 3.79. The molecule has 0 aliphatic heterocycles. The summed E-state index contributed by atoms with van der Waals surface area (Å²) in [5.74, 6) is -0.640. The minimum absolute atomic E-state index is 0.131. The number of nitrogen functional groups attached to an aromatic ring is 1. The standard InChI is InChI=1S/C13H20N2O4/c1-3-18-11(19-4-2)8-15-13(17)9-6-5-7-10(14)12(9)16/h5-7,11,16H,3-4,8,14H2,1-2H3,(H,15,17). The molecule has 1 amide bonds. The van der Waals surface area contributed by atoms with E-state index in [1.807, 2.05) is 13.8 Å². The van der Waals surface area contributed by atoms with Crippen LogP contribution in [0.15, 0.2) is 18.2 Å². The number of para-hydroxylation sites is 1. The number of ether oxygens (including phenoxy) is 2. The lowest BCUT2D eigenvalue weighted by molar-refractivity contribution is -0.131. The predicted octanol–water partition coefficient (Wildman–Crippen LogP) is 1.10. The van der Waals surface area contributed by atoms with Gasteiger partial charge in [-0.15, -0.1) is 0 Å². The van der Waals surface area contributed by atoms with Crippen LogP contribution in [0, 0.1) is 0 Å². The van der Waals surface area contributed by atoms with E-state index in [0.717, 1.165) is 0 Å². The molecule has 6 heteroatoms. The zero-order valence-corrected chi connectivity index (χ0v) is 11.2. The van der Waals surface area contributed by atoms with Gasteiger partial charge in [0, 0.05) is 13.2 Å². The molecule has 0 aromatic heterocycles. The predicted molar refractivity (Wildman–Crippen MR) is 71.9 cm³/mol. The van der Waals surface area contributed by atoms with Gasteiger partial charge in [-0.3, -0.25) is 4.79 Å². The van der Waals surface area contributed by atoms with Crippen molar-refractivity contribution in [3.8, 4) is 5.75 Å². The number of carbonyl (C=O) groups is 1. The third-order valence-electron chi connectivity index (χ3n) is 2.45. The lowest BCUT2D eigenvalue weighted by atomic mass is 10.1. The average molecular weight is 268 g/mol. The number of benzene rings is 1. The quantitative estimate of drug-likeness (QED) is 0.391. The number of anilines is 1. The van der Waals surface area contributed by atoms with Crippen molar-refractivity contribution in [1.82, 2.24) is 5.32 Å². The van der Waals surface area contributed by atoms with Gasteiger partial charge in [0.15, 0.2) is 12.0 Å². The fourth-order valence-corrected chi connectivity index (χ4v) is 1.55. The molecule has 0 aliphatic rings. The molecule has 0 spiro atoms. The Morgan fingerprint density at radius 1 is 1.37 bits per heavy atom. The highest BCUT2D eigenvalue weighted by atomic mass is 16.7. The topological polar surface area (TPSA) is 93.8 Å². The van der Waals surface area contributed by atoms with Crippen LogP contribution in [-0.4, -0.2) is 37.1 Å². The van der Waals surface area contributed by atoms with Crippen LogP contribution in [0.4, 0.5) is 5.69 Å². The van der Waals surface area contributed by atoms with Crippen LogP contribution in [0.25, 0.3) is 0 Å². The summed E-state index contributed by atoms with van der Waals surface area (Å²) in [5.41, 5.74) is 5.83. The number of phenols is 1. The Balaban J connectivity index is 2.61. The highest BCUT2D eigenvalue weighted by Gasteiger charge is 2.15. The third-order valence-corrected chi connectivity index (χ3v) is 2.45. The maximum atomic E-state index is 11.9. The molecule has 19 heavy (non-hydrogen) atoms. The molecule has 6 nitrogen and oxygen atoms in total. The van der Waals surface area contributed by atoms with E-state index >= 15 is 0 Å². The summed E-state index contributed by atoms with van der Waals surface area (Å²) in [6.07, 6.45) is -0.498. The van der Waals surface area contributed by atoms with Crippen molar-refractivity contribution in [3.05, 3.63) is 23.8 Å². The first-order valence-electron chi connectivity index (χ1n) is 6.19. The summed E-state index contributed by atoms with van der Waals surface area (Å²) in [7, 11) is 0. The zero-order valence-electron chi connectivity index (χ0n) is 11.2. The van der Waals surface area contributed by atoms with E-state index < -0.39 is 12.2 Å². The number of hydrogen-bond acceptors (Lipinski definition) is 5. The molecule has 0 unspecified atom stereocenters. The van der Waals surface area contributed by atoms with Gasteiger partial charge in [0.2, 0.25) is 0 Å². The van der Waals surface area contributed by atoms with E-state index in [9.17, 15) is 9.90 Å². The highest BCUT2D eigenvalue weighted by Crippen LogP contribution is 2.23. The van der Waals surface area contributed by atoms with E-state index in [1.54, 1.807) is 6.07 Å². The van der Waals surface area contributed by atoms with Crippen LogP contribution in [0.2, 0.25) is 0 Å². The number of nitrogens with one attached hydrogen (secondary N) is 1. The summed E-state index contributed by atoms with van der Waals surface area (Å²) >= 11 is 0. The molecular formula is C13H20N2O4. The second-order valence-electron chi connectivity index (χ2n) is 3.79. The smallest absolute Gasteiger partial charge is 0.255 e. The molecular weight excluding hydrogens is 248 g/mol. The molecule has 0 fully saturated rings. The number of hydrogen-bond donors (Lipinski definition) is 3. The molecule has 0 aliphatic carbocycles. The number of amides is 1. The zero-order chi connectivity index (χ0) is 14.3. The molecule has 0 saturated carbocycles. The summed E-state index contributed by atoms with van der Waals surface area (Å²) in [6, 6.07) is 4.62. The van der Waals surface area contributed by atoms with E-state index in [4.69, 9.17) is 15.2 Å². The molecule has 4 N–H and O–H groups in total. The van der Waals surface area contributed by atoms with Crippen LogP contribution in [0.1, 0.15) is 24.2 Å². The SMILES string of the molecule is CCOC(CNC(=O)c1cccc(N)c1O)OCC. The second kappa shape index (κ2) is 7.60. The molecule has 0 bridgehead atoms. The van der Waals surface area contributed by atoms with Crippen molar-refractivity contribution in [2.45, 2.75) is 20.1 Å². The molecule has 1 rings (SSSR count). The van der Waals surface area contributed by atoms with Crippen molar-refractivity contribution < 1.29 is 19.4 Å². The van der Waals surface area contributed by atoms with Gasteiger partial charge in [-0.2, -0.15) is 0 Å². The molecule has 0 radical (unpaired) electrons. The minimum atomic E-state index is -0.498. The van der Waals surface area contributed by atoms with E-state index in [1.165, 1.54) is 12.1 Å². The van der Waals surface area contributed by atoms with Crippen molar-refractivity contribution in [2.75, 3.05) is 25.5 Å². The number of phenolic OH excluding ortho intramolecular Hbond substituents is 1. The molecule has 1 aromatic carbocycles. The first-order chi connectivity index (χ1) is 9.10. The molecule has 0 atom stereocenters. The van der Waals surface area contributed by atoms with E-state index in [-0.39, 0.29) is 23.5 Å². The van der Waals surface area contributed by atoms with Gasteiger partial charge in [-0.1, -0.05) is 6.07 Å².